The summed E-state index contributed by atoms with van der Waals surface area (Å²) in [5, 5.41) is 3.92. The van der Waals surface area contributed by atoms with Gasteiger partial charge in [-0.15, -0.1) is 0 Å². The van der Waals surface area contributed by atoms with Crippen molar-refractivity contribution in [3.05, 3.63) is 65.5 Å². The van der Waals surface area contributed by atoms with Gasteiger partial charge in [-0.25, -0.2) is 4.98 Å². The first-order valence-corrected chi connectivity index (χ1v) is 9.63. The predicted molar refractivity (Wildman–Crippen MR) is 112 cm³/mol. The molecule has 1 fully saturated rings. The molecule has 1 saturated heterocycles. The molecule has 28 heavy (non-hydrogen) atoms. The van der Waals surface area contributed by atoms with E-state index in [4.69, 9.17) is 0 Å². The normalized spacial score (nSPS) is 15.0. The molecule has 0 saturated carbocycles. The fraction of sp³-hybridized carbons (Fsp3) is 0.318. The highest BCUT2D eigenvalue weighted by molar-refractivity contribution is 6.06. The number of aromatic nitrogens is 2. The first kappa shape index (κ1) is 18.4. The van der Waals surface area contributed by atoms with Gasteiger partial charge in [0, 0.05) is 50.0 Å². The molecule has 1 amide bonds. The lowest BCUT2D eigenvalue weighted by atomic mass is 10.1. The zero-order valence-corrected chi connectivity index (χ0v) is 16.4. The summed E-state index contributed by atoms with van der Waals surface area (Å²) in [6.45, 7) is 6.41. The minimum atomic E-state index is -0.0836. The van der Waals surface area contributed by atoms with E-state index >= 15 is 0 Å². The lowest BCUT2D eigenvalue weighted by Crippen LogP contribution is -2.44. The molecule has 3 aromatic rings. The summed E-state index contributed by atoms with van der Waals surface area (Å²) >= 11 is 0. The van der Waals surface area contributed by atoms with Crippen molar-refractivity contribution >= 4 is 22.6 Å². The largest absolute Gasteiger partial charge is 0.354 e. The minimum absolute atomic E-state index is 0.0836. The molecule has 1 aromatic carbocycles. The van der Waals surface area contributed by atoms with E-state index in [1.807, 2.05) is 49.5 Å². The quantitative estimate of drug-likeness (QED) is 0.760. The van der Waals surface area contributed by atoms with E-state index in [1.54, 1.807) is 0 Å². The van der Waals surface area contributed by atoms with Crippen LogP contribution in [0.2, 0.25) is 0 Å². The summed E-state index contributed by atoms with van der Waals surface area (Å²) in [7, 11) is 2.14. The third-order valence-corrected chi connectivity index (χ3v) is 5.18. The topological polar surface area (TPSA) is 61.4 Å². The maximum atomic E-state index is 12.8. The summed E-state index contributed by atoms with van der Waals surface area (Å²) in [4.78, 5) is 26.5. The number of nitrogens with one attached hydrogen (secondary N) is 1. The molecule has 0 aliphatic carbocycles. The van der Waals surface area contributed by atoms with Crippen molar-refractivity contribution in [2.45, 2.75) is 13.5 Å². The second-order valence-electron chi connectivity index (χ2n) is 7.32. The van der Waals surface area contributed by atoms with Crippen molar-refractivity contribution in [3.63, 3.8) is 0 Å². The SMILES string of the molecule is Cc1cc(C(=O)NCc2ccnc(N3CCN(C)CC3)c2)c2ccccc2n1. The van der Waals surface area contributed by atoms with E-state index < -0.39 is 0 Å². The second kappa shape index (κ2) is 7.94. The van der Waals surface area contributed by atoms with Gasteiger partial charge in [0.25, 0.3) is 5.91 Å². The average Bonchev–Trinajstić information content (AvgIpc) is 2.72. The Balaban J connectivity index is 1.48. The van der Waals surface area contributed by atoms with E-state index in [2.05, 4.69) is 38.2 Å². The first-order valence-electron chi connectivity index (χ1n) is 9.63. The molecule has 0 spiro atoms. The van der Waals surface area contributed by atoms with Gasteiger partial charge in [0.05, 0.1) is 11.1 Å². The van der Waals surface area contributed by atoms with E-state index in [1.165, 1.54) is 0 Å². The number of carbonyl (C=O) groups excluding carboxylic acids is 1. The Morgan fingerprint density at radius 2 is 1.89 bits per heavy atom. The number of amides is 1. The highest BCUT2D eigenvalue weighted by Gasteiger charge is 2.16. The third-order valence-electron chi connectivity index (χ3n) is 5.18. The van der Waals surface area contributed by atoms with Gasteiger partial charge in [-0.2, -0.15) is 0 Å². The van der Waals surface area contributed by atoms with Crippen molar-refractivity contribution in [3.8, 4) is 0 Å². The summed E-state index contributed by atoms with van der Waals surface area (Å²) < 4.78 is 0. The van der Waals surface area contributed by atoms with Crippen molar-refractivity contribution in [1.82, 2.24) is 20.2 Å². The van der Waals surface area contributed by atoms with Crippen molar-refractivity contribution < 1.29 is 4.79 Å². The van der Waals surface area contributed by atoms with E-state index in [-0.39, 0.29) is 5.91 Å². The molecule has 0 bridgehead atoms. The molecule has 3 heterocycles. The Bertz CT molecular complexity index is 995. The number of piperazine rings is 1. The van der Waals surface area contributed by atoms with E-state index in [9.17, 15) is 4.79 Å². The summed E-state index contributed by atoms with van der Waals surface area (Å²) in [6, 6.07) is 13.6. The number of aryl methyl sites for hydroxylation is 1. The fourth-order valence-electron chi connectivity index (χ4n) is 3.55. The lowest BCUT2D eigenvalue weighted by Gasteiger charge is -2.33. The highest BCUT2D eigenvalue weighted by Crippen LogP contribution is 2.19. The maximum Gasteiger partial charge on any atom is 0.252 e. The molecule has 2 aromatic heterocycles. The van der Waals surface area contributed by atoms with Gasteiger partial charge in [-0.1, -0.05) is 18.2 Å². The Kier molecular flexibility index (Phi) is 5.21. The zero-order chi connectivity index (χ0) is 19.5. The smallest absolute Gasteiger partial charge is 0.252 e. The fourth-order valence-corrected chi connectivity index (χ4v) is 3.55. The Morgan fingerprint density at radius 1 is 1.11 bits per heavy atom. The van der Waals surface area contributed by atoms with Crippen LogP contribution in [-0.2, 0) is 6.54 Å². The van der Waals surface area contributed by atoms with Crippen LogP contribution in [-0.4, -0.2) is 54.0 Å². The Hall–Kier alpha value is -2.99. The Labute approximate surface area is 165 Å². The number of anilines is 1. The number of pyridine rings is 2. The molecule has 0 radical (unpaired) electrons. The molecule has 4 rings (SSSR count). The number of hydrogen-bond acceptors (Lipinski definition) is 5. The summed E-state index contributed by atoms with van der Waals surface area (Å²) in [5.74, 6) is 0.893. The first-order chi connectivity index (χ1) is 13.6. The zero-order valence-electron chi connectivity index (χ0n) is 16.4. The van der Waals surface area contributed by atoms with Crippen LogP contribution in [0.15, 0.2) is 48.7 Å². The van der Waals surface area contributed by atoms with Crippen molar-refractivity contribution in [2.24, 2.45) is 0 Å². The molecular weight excluding hydrogens is 350 g/mol. The third kappa shape index (κ3) is 3.97. The number of rotatable bonds is 4. The number of fused-ring (bicyclic) bond motifs is 1. The van der Waals surface area contributed by atoms with Gasteiger partial charge in [0.2, 0.25) is 0 Å². The van der Waals surface area contributed by atoms with Crippen LogP contribution in [0.25, 0.3) is 10.9 Å². The number of benzene rings is 1. The molecule has 144 valence electrons. The molecule has 0 atom stereocenters. The lowest BCUT2D eigenvalue weighted by molar-refractivity contribution is 0.0952. The number of likely N-dealkylation sites (N-methyl/N-ethyl adjacent to an activating group) is 1. The highest BCUT2D eigenvalue weighted by atomic mass is 16.1. The standard InChI is InChI=1S/C22H25N5O/c1-16-13-19(18-5-3-4-6-20(18)25-16)22(28)24-15-17-7-8-23-21(14-17)27-11-9-26(2)10-12-27/h3-8,13-14H,9-12,15H2,1-2H3,(H,24,28). The summed E-state index contributed by atoms with van der Waals surface area (Å²) in [5.41, 5.74) is 3.39. The maximum absolute atomic E-state index is 12.8. The van der Waals surface area contributed by atoms with Gasteiger partial charge >= 0.3 is 0 Å². The Morgan fingerprint density at radius 3 is 2.71 bits per heavy atom. The van der Waals surface area contributed by atoms with Crippen LogP contribution in [0.5, 0.6) is 0 Å². The van der Waals surface area contributed by atoms with Crippen molar-refractivity contribution in [1.29, 1.82) is 0 Å². The average molecular weight is 375 g/mol. The molecule has 1 aliphatic heterocycles. The molecule has 1 N–H and O–H groups in total. The number of para-hydroxylation sites is 1. The van der Waals surface area contributed by atoms with Gasteiger partial charge in [0.1, 0.15) is 5.82 Å². The molecular formula is C22H25N5O. The van der Waals surface area contributed by atoms with Crippen LogP contribution in [0.1, 0.15) is 21.6 Å². The van der Waals surface area contributed by atoms with Gasteiger partial charge in [-0.05, 0) is 43.8 Å². The second-order valence-corrected chi connectivity index (χ2v) is 7.32. The van der Waals surface area contributed by atoms with Gasteiger partial charge in [0.15, 0.2) is 0 Å². The molecule has 6 heteroatoms. The summed E-state index contributed by atoms with van der Waals surface area (Å²) in [6.07, 6.45) is 1.82. The monoisotopic (exact) mass is 375 g/mol. The van der Waals surface area contributed by atoms with E-state index in [0.29, 0.717) is 12.1 Å². The van der Waals surface area contributed by atoms with Crippen molar-refractivity contribution in [2.75, 3.05) is 38.1 Å². The minimum Gasteiger partial charge on any atom is -0.354 e. The molecule has 0 unspecified atom stereocenters. The number of nitrogens with zero attached hydrogens (tertiary/aromatic N) is 4. The van der Waals surface area contributed by atoms with Crippen LogP contribution in [0, 0.1) is 6.92 Å². The molecule has 6 nitrogen and oxygen atoms in total. The van der Waals surface area contributed by atoms with Crippen LogP contribution in [0.4, 0.5) is 5.82 Å². The van der Waals surface area contributed by atoms with Crippen LogP contribution in [0.3, 0.4) is 0 Å². The van der Waals surface area contributed by atoms with Crippen LogP contribution >= 0.6 is 0 Å². The van der Waals surface area contributed by atoms with E-state index in [0.717, 1.165) is 54.2 Å². The van der Waals surface area contributed by atoms with Gasteiger partial charge in [-0.3, -0.25) is 9.78 Å². The molecule has 1 aliphatic rings. The van der Waals surface area contributed by atoms with Gasteiger partial charge < -0.3 is 15.1 Å². The van der Waals surface area contributed by atoms with Crippen LogP contribution < -0.4 is 10.2 Å². The number of hydrogen-bond donors (Lipinski definition) is 1. The predicted octanol–water partition coefficient (Wildman–Crippen LogP) is 2.62. The number of carbonyl (C=O) groups is 1.